The Hall–Kier alpha value is -0.940. The van der Waals surface area contributed by atoms with Crippen molar-refractivity contribution in [2.45, 2.75) is 25.7 Å². The van der Waals surface area contributed by atoms with Gasteiger partial charge in [-0.3, -0.25) is 0 Å². The third-order valence-electron chi connectivity index (χ3n) is 3.06. The molecule has 0 aromatic carbocycles. The molecule has 16 heavy (non-hydrogen) atoms. The molecule has 0 bridgehead atoms. The van der Waals surface area contributed by atoms with Crippen LogP contribution in [0.4, 0.5) is 0 Å². The molecule has 0 saturated carbocycles. The van der Waals surface area contributed by atoms with E-state index in [-0.39, 0.29) is 0 Å². The van der Waals surface area contributed by atoms with Crippen LogP contribution < -0.4 is 0 Å². The summed E-state index contributed by atoms with van der Waals surface area (Å²) in [6.45, 7) is 3.93. The second kappa shape index (κ2) is 4.51. The monoisotopic (exact) mass is 240 g/mol. The first-order chi connectivity index (χ1) is 7.58. The van der Waals surface area contributed by atoms with E-state index in [1.54, 1.807) is 0 Å². The molecule has 1 aromatic rings. The molecule has 1 N–H and O–H groups in total. The van der Waals surface area contributed by atoms with Gasteiger partial charge in [-0.05, 0) is 39.9 Å². The van der Waals surface area contributed by atoms with E-state index >= 15 is 0 Å². The molecule has 1 aromatic heterocycles. The Morgan fingerprint density at radius 2 is 2.12 bits per heavy atom. The van der Waals surface area contributed by atoms with Crippen molar-refractivity contribution in [2.75, 3.05) is 20.1 Å². The van der Waals surface area contributed by atoms with Crippen molar-refractivity contribution in [1.29, 1.82) is 0 Å². The van der Waals surface area contributed by atoms with Crippen LogP contribution in [-0.4, -0.2) is 41.1 Å². The lowest BCUT2D eigenvalue weighted by molar-refractivity contribution is 0.0699. The minimum atomic E-state index is -0.834. The number of carbonyl (C=O) groups is 1. The summed E-state index contributed by atoms with van der Waals surface area (Å²) in [5, 5.41) is 9.97. The Balaban J connectivity index is 2.22. The van der Waals surface area contributed by atoms with Crippen molar-refractivity contribution in [3.8, 4) is 0 Å². The molecule has 0 spiro atoms. The van der Waals surface area contributed by atoms with Gasteiger partial charge in [-0.1, -0.05) is 0 Å². The maximum absolute atomic E-state index is 11.1. The van der Waals surface area contributed by atoms with Crippen molar-refractivity contribution in [2.24, 2.45) is 0 Å². The van der Waals surface area contributed by atoms with Gasteiger partial charge in [0.2, 0.25) is 0 Å². The summed E-state index contributed by atoms with van der Waals surface area (Å²) in [5.41, 5.74) is 0.808. The number of hydrogen-bond donors (Lipinski definition) is 1. The lowest BCUT2D eigenvalue weighted by atomic mass is 9.93. The SMILES string of the molecule is Cc1nc(C2CCN(C)CC2)c(C(=O)O)s1. The molecule has 1 aliphatic rings. The summed E-state index contributed by atoms with van der Waals surface area (Å²) >= 11 is 1.29. The van der Waals surface area contributed by atoms with Gasteiger partial charge >= 0.3 is 5.97 Å². The first kappa shape index (κ1) is 11.5. The number of piperidine rings is 1. The highest BCUT2D eigenvalue weighted by molar-refractivity contribution is 7.13. The van der Waals surface area contributed by atoms with E-state index in [1.165, 1.54) is 11.3 Å². The summed E-state index contributed by atoms with van der Waals surface area (Å²) in [6, 6.07) is 0. The van der Waals surface area contributed by atoms with Crippen molar-refractivity contribution in [3.63, 3.8) is 0 Å². The van der Waals surface area contributed by atoms with Gasteiger partial charge in [0, 0.05) is 5.92 Å². The molecule has 0 radical (unpaired) electrons. The summed E-state index contributed by atoms with van der Waals surface area (Å²) in [5.74, 6) is -0.508. The minimum absolute atomic E-state index is 0.326. The highest BCUT2D eigenvalue weighted by Crippen LogP contribution is 2.32. The Morgan fingerprint density at radius 1 is 1.50 bits per heavy atom. The van der Waals surface area contributed by atoms with Crippen LogP contribution in [-0.2, 0) is 0 Å². The maximum Gasteiger partial charge on any atom is 0.347 e. The number of aryl methyl sites for hydroxylation is 1. The van der Waals surface area contributed by atoms with Gasteiger partial charge in [-0.15, -0.1) is 11.3 Å². The molecule has 0 amide bonds. The van der Waals surface area contributed by atoms with Crippen molar-refractivity contribution < 1.29 is 9.90 Å². The molecular formula is C11H16N2O2S. The molecular weight excluding hydrogens is 224 g/mol. The first-order valence-corrected chi connectivity index (χ1v) is 6.28. The highest BCUT2D eigenvalue weighted by atomic mass is 32.1. The topological polar surface area (TPSA) is 53.4 Å². The zero-order valence-corrected chi connectivity index (χ0v) is 10.4. The fourth-order valence-corrected chi connectivity index (χ4v) is 3.00. The van der Waals surface area contributed by atoms with Crippen LogP contribution in [0.25, 0.3) is 0 Å². The Morgan fingerprint density at radius 3 is 2.69 bits per heavy atom. The summed E-state index contributed by atoms with van der Waals surface area (Å²) in [7, 11) is 2.10. The second-order valence-electron chi connectivity index (χ2n) is 4.33. The number of carboxylic acid groups (broad SMARTS) is 1. The van der Waals surface area contributed by atoms with Gasteiger partial charge in [0.1, 0.15) is 4.88 Å². The van der Waals surface area contributed by atoms with Crippen LogP contribution >= 0.6 is 11.3 Å². The number of thiazole rings is 1. The van der Waals surface area contributed by atoms with Crippen molar-refractivity contribution >= 4 is 17.3 Å². The Labute approximate surface area is 98.9 Å². The fraction of sp³-hybridized carbons (Fsp3) is 0.636. The van der Waals surface area contributed by atoms with Crippen molar-refractivity contribution in [3.05, 3.63) is 15.6 Å². The zero-order valence-electron chi connectivity index (χ0n) is 9.56. The third kappa shape index (κ3) is 2.25. The normalized spacial score (nSPS) is 18.9. The molecule has 0 unspecified atom stereocenters. The molecule has 1 aliphatic heterocycles. The van der Waals surface area contributed by atoms with Gasteiger partial charge in [-0.25, -0.2) is 9.78 Å². The highest BCUT2D eigenvalue weighted by Gasteiger charge is 2.26. The first-order valence-electron chi connectivity index (χ1n) is 5.47. The van der Waals surface area contributed by atoms with Crippen LogP contribution in [0.3, 0.4) is 0 Å². The number of nitrogens with zero attached hydrogens (tertiary/aromatic N) is 2. The van der Waals surface area contributed by atoms with Gasteiger partial charge in [0.25, 0.3) is 0 Å². The maximum atomic E-state index is 11.1. The molecule has 1 saturated heterocycles. The average molecular weight is 240 g/mol. The molecule has 4 nitrogen and oxygen atoms in total. The number of aromatic nitrogens is 1. The van der Waals surface area contributed by atoms with Gasteiger partial charge in [-0.2, -0.15) is 0 Å². The standard InChI is InChI=1S/C11H16N2O2S/c1-7-12-9(10(16-7)11(14)15)8-3-5-13(2)6-4-8/h8H,3-6H2,1-2H3,(H,14,15). The van der Waals surface area contributed by atoms with Crippen LogP contribution in [0.15, 0.2) is 0 Å². The molecule has 1 fully saturated rings. The Kier molecular flexibility index (Phi) is 3.25. The summed E-state index contributed by atoms with van der Waals surface area (Å²) in [6.07, 6.45) is 2.03. The molecule has 2 rings (SSSR count). The molecule has 88 valence electrons. The van der Waals surface area contributed by atoms with E-state index in [9.17, 15) is 4.79 Å². The van der Waals surface area contributed by atoms with E-state index in [4.69, 9.17) is 5.11 Å². The largest absolute Gasteiger partial charge is 0.477 e. The molecule has 2 heterocycles. The number of likely N-dealkylation sites (tertiary alicyclic amines) is 1. The summed E-state index contributed by atoms with van der Waals surface area (Å²) < 4.78 is 0. The fourth-order valence-electron chi connectivity index (χ4n) is 2.16. The van der Waals surface area contributed by atoms with E-state index in [2.05, 4.69) is 16.9 Å². The van der Waals surface area contributed by atoms with Crippen LogP contribution in [0.2, 0.25) is 0 Å². The van der Waals surface area contributed by atoms with Crippen molar-refractivity contribution in [1.82, 2.24) is 9.88 Å². The number of aromatic carboxylic acids is 1. The molecule has 5 heteroatoms. The quantitative estimate of drug-likeness (QED) is 0.858. The Bertz CT molecular complexity index is 395. The van der Waals surface area contributed by atoms with Crippen LogP contribution in [0.5, 0.6) is 0 Å². The van der Waals surface area contributed by atoms with E-state index < -0.39 is 5.97 Å². The average Bonchev–Trinajstić information content (AvgIpc) is 2.61. The van der Waals surface area contributed by atoms with Crippen LogP contribution in [0, 0.1) is 6.92 Å². The number of hydrogen-bond acceptors (Lipinski definition) is 4. The van der Waals surface area contributed by atoms with Gasteiger partial charge in [0.15, 0.2) is 0 Å². The summed E-state index contributed by atoms with van der Waals surface area (Å²) in [4.78, 5) is 18.2. The van der Waals surface area contributed by atoms with Gasteiger partial charge < -0.3 is 10.0 Å². The molecule has 0 atom stereocenters. The van der Waals surface area contributed by atoms with Crippen LogP contribution in [0.1, 0.15) is 39.1 Å². The lowest BCUT2D eigenvalue weighted by Gasteiger charge is -2.28. The zero-order chi connectivity index (χ0) is 11.7. The third-order valence-corrected chi connectivity index (χ3v) is 4.03. The van der Waals surface area contributed by atoms with Gasteiger partial charge in [0.05, 0.1) is 10.7 Å². The smallest absolute Gasteiger partial charge is 0.347 e. The number of carboxylic acids is 1. The second-order valence-corrected chi connectivity index (χ2v) is 5.53. The van der Waals surface area contributed by atoms with E-state index in [0.29, 0.717) is 10.8 Å². The number of rotatable bonds is 2. The molecule has 0 aliphatic carbocycles. The predicted octanol–water partition coefficient (Wildman–Crippen LogP) is 1.96. The van der Waals surface area contributed by atoms with E-state index in [1.807, 2.05) is 6.92 Å². The lowest BCUT2D eigenvalue weighted by Crippen LogP contribution is -2.29. The minimum Gasteiger partial charge on any atom is -0.477 e. The van der Waals surface area contributed by atoms with E-state index in [0.717, 1.165) is 36.6 Å². The predicted molar refractivity (Wildman–Crippen MR) is 63.3 cm³/mol.